The van der Waals surface area contributed by atoms with E-state index in [1.54, 1.807) is 18.3 Å². The average Bonchev–Trinajstić information content (AvgIpc) is 2.99. The maximum atomic E-state index is 12.9. The molecule has 23 heavy (non-hydrogen) atoms. The third kappa shape index (κ3) is 3.74. The number of nitrogens with zero attached hydrogens (tertiary/aromatic N) is 3. The minimum atomic E-state index is -3.56. The average molecular weight is 335 g/mol. The largest absolute Gasteiger partial charge is 0.282 e. The highest BCUT2D eigenvalue weighted by Crippen LogP contribution is 2.36. The molecule has 1 saturated heterocycles. The Kier molecular flexibility index (Phi) is 5.45. The molecular formula is C17H25N3O2S. The summed E-state index contributed by atoms with van der Waals surface area (Å²) in [7, 11) is -2.00. The van der Waals surface area contributed by atoms with Crippen LogP contribution in [0.25, 0.3) is 0 Å². The van der Waals surface area contributed by atoms with E-state index in [-0.39, 0.29) is 18.5 Å². The van der Waals surface area contributed by atoms with Gasteiger partial charge in [0.25, 0.3) is 10.2 Å². The highest BCUT2D eigenvalue weighted by Gasteiger charge is 2.38. The fourth-order valence-corrected chi connectivity index (χ4v) is 4.82. The summed E-state index contributed by atoms with van der Waals surface area (Å²) in [6.07, 6.45) is 1.70. The van der Waals surface area contributed by atoms with E-state index in [1.165, 1.54) is 4.31 Å². The first kappa shape index (κ1) is 17.9. The van der Waals surface area contributed by atoms with Gasteiger partial charge in [0, 0.05) is 20.1 Å². The summed E-state index contributed by atoms with van der Waals surface area (Å²) in [5.41, 5.74) is 3.35. The SMILES string of the molecule is Cc1ccc(C)c([C@H]2CCCN2S(=O)(=O)N(C)C[C@H](C)C#N)c1. The lowest BCUT2D eigenvalue weighted by molar-refractivity contribution is 0.339. The van der Waals surface area contributed by atoms with E-state index in [4.69, 9.17) is 5.26 Å². The highest BCUT2D eigenvalue weighted by atomic mass is 32.2. The van der Waals surface area contributed by atoms with Gasteiger partial charge in [-0.3, -0.25) is 0 Å². The van der Waals surface area contributed by atoms with E-state index >= 15 is 0 Å². The van der Waals surface area contributed by atoms with Crippen molar-refractivity contribution in [3.05, 3.63) is 34.9 Å². The van der Waals surface area contributed by atoms with Crippen molar-refractivity contribution >= 4 is 10.2 Å². The van der Waals surface area contributed by atoms with Gasteiger partial charge in [0.2, 0.25) is 0 Å². The van der Waals surface area contributed by atoms with Gasteiger partial charge in [-0.1, -0.05) is 23.8 Å². The third-order valence-corrected chi connectivity index (χ3v) is 6.41. The quantitative estimate of drug-likeness (QED) is 0.831. The molecule has 2 rings (SSSR count). The molecule has 0 aromatic heterocycles. The molecule has 0 unspecified atom stereocenters. The van der Waals surface area contributed by atoms with Gasteiger partial charge in [0.05, 0.1) is 18.0 Å². The molecule has 0 radical (unpaired) electrons. The zero-order valence-corrected chi connectivity index (χ0v) is 15.1. The molecule has 1 aromatic rings. The van der Waals surface area contributed by atoms with Gasteiger partial charge in [-0.15, -0.1) is 0 Å². The first-order chi connectivity index (χ1) is 10.8. The molecule has 1 aliphatic heterocycles. The molecule has 0 spiro atoms. The molecule has 1 heterocycles. The molecule has 0 bridgehead atoms. The predicted molar refractivity (Wildman–Crippen MR) is 90.9 cm³/mol. The first-order valence-corrected chi connectivity index (χ1v) is 9.37. The Morgan fingerprint density at radius 2 is 2.13 bits per heavy atom. The van der Waals surface area contributed by atoms with Crippen LogP contribution in [0.2, 0.25) is 0 Å². The number of hydrogen-bond acceptors (Lipinski definition) is 3. The number of nitriles is 1. The van der Waals surface area contributed by atoms with Crippen molar-refractivity contribution in [3.63, 3.8) is 0 Å². The predicted octanol–water partition coefficient (Wildman–Crippen LogP) is 2.78. The number of aryl methyl sites for hydroxylation is 2. The van der Waals surface area contributed by atoms with Crippen LogP contribution in [-0.2, 0) is 10.2 Å². The third-order valence-electron chi connectivity index (χ3n) is 4.44. The second-order valence-corrected chi connectivity index (χ2v) is 8.44. The van der Waals surface area contributed by atoms with Crippen molar-refractivity contribution in [2.45, 2.75) is 39.7 Å². The lowest BCUT2D eigenvalue weighted by atomic mass is 9.98. The highest BCUT2D eigenvalue weighted by molar-refractivity contribution is 7.86. The Balaban J connectivity index is 2.31. The topological polar surface area (TPSA) is 64.4 Å². The van der Waals surface area contributed by atoms with Gasteiger partial charge in [-0.05, 0) is 44.7 Å². The molecule has 0 aliphatic carbocycles. The van der Waals surface area contributed by atoms with E-state index in [0.717, 1.165) is 29.5 Å². The summed E-state index contributed by atoms with van der Waals surface area (Å²) in [4.78, 5) is 0. The molecule has 5 nitrogen and oxygen atoms in total. The molecule has 2 atom stereocenters. The number of hydrogen-bond donors (Lipinski definition) is 0. The van der Waals surface area contributed by atoms with Crippen LogP contribution in [0.4, 0.5) is 0 Å². The molecule has 1 aliphatic rings. The second kappa shape index (κ2) is 7.00. The van der Waals surface area contributed by atoms with E-state index in [0.29, 0.717) is 6.54 Å². The molecular weight excluding hydrogens is 310 g/mol. The Morgan fingerprint density at radius 1 is 1.43 bits per heavy atom. The van der Waals surface area contributed by atoms with Crippen LogP contribution < -0.4 is 0 Å². The lowest BCUT2D eigenvalue weighted by Gasteiger charge is -2.30. The van der Waals surface area contributed by atoms with Gasteiger partial charge < -0.3 is 0 Å². The van der Waals surface area contributed by atoms with Crippen LogP contribution in [0.3, 0.4) is 0 Å². The van der Waals surface area contributed by atoms with Gasteiger partial charge >= 0.3 is 0 Å². The summed E-state index contributed by atoms with van der Waals surface area (Å²) >= 11 is 0. The molecule has 0 amide bonds. The Labute approximate surface area is 139 Å². The van der Waals surface area contributed by atoms with Crippen molar-refractivity contribution in [2.75, 3.05) is 20.1 Å². The summed E-state index contributed by atoms with van der Waals surface area (Å²) in [6.45, 7) is 6.54. The fraction of sp³-hybridized carbons (Fsp3) is 0.588. The van der Waals surface area contributed by atoms with Gasteiger partial charge in [0.1, 0.15) is 0 Å². The monoisotopic (exact) mass is 335 g/mol. The zero-order valence-electron chi connectivity index (χ0n) is 14.3. The van der Waals surface area contributed by atoms with Gasteiger partial charge in [-0.2, -0.15) is 22.3 Å². The van der Waals surface area contributed by atoms with Crippen molar-refractivity contribution < 1.29 is 8.42 Å². The van der Waals surface area contributed by atoms with E-state index in [9.17, 15) is 8.42 Å². The fourth-order valence-electron chi connectivity index (χ4n) is 3.15. The van der Waals surface area contributed by atoms with Crippen molar-refractivity contribution in [2.24, 2.45) is 5.92 Å². The van der Waals surface area contributed by atoms with Crippen LogP contribution in [0.15, 0.2) is 18.2 Å². The minimum Gasteiger partial charge on any atom is -0.198 e. The van der Waals surface area contributed by atoms with E-state index in [2.05, 4.69) is 18.2 Å². The van der Waals surface area contributed by atoms with Gasteiger partial charge in [-0.25, -0.2) is 0 Å². The standard InChI is InChI=1S/C17H25N3O2S/c1-13-7-8-15(3)16(10-13)17-6-5-9-20(17)23(21,22)19(4)12-14(2)11-18/h7-8,10,14,17H,5-6,9,12H2,1-4H3/t14-,17-/m1/s1. The Morgan fingerprint density at radius 3 is 2.78 bits per heavy atom. The summed E-state index contributed by atoms with van der Waals surface area (Å²) in [5.74, 6) is -0.323. The molecule has 1 aromatic carbocycles. The van der Waals surface area contributed by atoms with Crippen LogP contribution >= 0.6 is 0 Å². The van der Waals surface area contributed by atoms with Gasteiger partial charge in [0.15, 0.2) is 0 Å². The molecule has 1 fully saturated rings. The molecule has 6 heteroatoms. The molecule has 0 saturated carbocycles. The Hall–Kier alpha value is -1.42. The maximum absolute atomic E-state index is 12.9. The van der Waals surface area contributed by atoms with Crippen LogP contribution in [-0.4, -0.2) is 37.2 Å². The van der Waals surface area contributed by atoms with Crippen LogP contribution in [0.5, 0.6) is 0 Å². The normalized spacial score (nSPS) is 20.6. The Bertz CT molecular complexity index is 709. The first-order valence-electron chi connectivity index (χ1n) is 7.97. The molecule has 0 N–H and O–H groups in total. The minimum absolute atomic E-state index is 0.111. The summed E-state index contributed by atoms with van der Waals surface area (Å²) in [6, 6.07) is 8.17. The summed E-state index contributed by atoms with van der Waals surface area (Å²) in [5, 5.41) is 8.93. The zero-order chi connectivity index (χ0) is 17.2. The second-order valence-electron chi connectivity index (χ2n) is 6.45. The van der Waals surface area contributed by atoms with E-state index in [1.807, 2.05) is 19.9 Å². The lowest BCUT2D eigenvalue weighted by Crippen LogP contribution is -2.43. The number of benzene rings is 1. The van der Waals surface area contributed by atoms with Crippen molar-refractivity contribution in [1.82, 2.24) is 8.61 Å². The van der Waals surface area contributed by atoms with Crippen molar-refractivity contribution in [1.29, 1.82) is 5.26 Å². The molecule has 126 valence electrons. The van der Waals surface area contributed by atoms with Crippen LogP contribution in [0.1, 0.15) is 42.5 Å². The smallest absolute Gasteiger partial charge is 0.198 e. The maximum Gasteiger partial charge on any atom is 0.282 e. The van der Waals surface area contributed by atoms with Crippen molar-refractivity contribution in [3.8, 4) is 6.07 Å². The number of rotatable bonds is 5. The summed E-state index contributed by atoms with van der Waals surface area (Å²) < 4.78 is 28.7. The van der Waals surface area contributed by atoms with E-state index < -0.39 is 10.2 Å². The van der Waals surface area contributed by atoms with Crippen LogP contribution in [0, 0.1) is 31.1 Å².